The van der Waals surface area contributed by atoms with E-state index in [-0.39, 0.29) is 18.1 Å². The predicted molar refractivity (Wildman–Crippen MR) is 81.5 cm³/mol. The summed E-state index contributed by atoms with van der Waals surface area (Å²) in [5.41, 5.74) is 0. The quantitative estimate of drug-likeness (QED) is 0.590. The zero-order chi connectivity index (χ0) is 15.3. The third kappa shape index (κ3) is 4.89. The van der Waals surface area contributed by atoms with Gasteiger partial charge in [0.05, 0.1) is 4.90 Å². The second-order valence-corrected chi connectivity index (χ2v) is 6.52. The highest BCUT2D eigenvalue weighted by Gasteiger charge is 2.14. The van der Waals surface area contributed by atoms with Crippen molar-refractivity contribution in [1.82, 2.24) is 0 Å². The minimum Gasteiger partial charge on any atom is -0.491 e. The fraction of sp³-hybridized carbons (Fsp3) is 0.143. The third-order valence-electron chi connectivity index (χ3n) is 2.51. The van der Waals surface area contributed by atoms with E-state index >= 15 is 0 Å². The summed E-state index contributed by atoms with van der Waals surface area (Å²) in [6.45, 7) is 0.0159. The summed E-state index contributed by atoms with van der Waals surface area (Å²) < 4.78 is 33.9. The highest BCUT2D eigenvalue weighted by molar-refractivity contribution is 7.86. The van der Waals surface area contributed by atoms with Crippen molar-refractivity contribution in [2.45, 2.75) is 4.90 Å². The minimum atomic E-state index is -3.80. The van der Waals surface area contributed by atoms with E-state index in [1.54, 1.807) is 24.3 Å². The second-order valence-electron chi connectivity index (χ2n) is 4.03. The summed E-state index contributed by atoms with van der Waals surface area (Å²) in [7, 11) is -3.80. The van der Waals surface area contributed by atoms with Crippen LogP contribution in [0.4, 0.5) is 0 Å². The topological polar surface area (TPSA) is 52.6 Å². The molecule has 0 aliphatic heterocycles. The molecule has 0 fully saturated rings. The van der Waals surface area contributed by atoms with Crippen molar-refractivity contribution in [2.24, 2.45) is 0 Å². The van der Waals surface area contributed by atoms with Crippen molar-refractivity contribution in [3.8, 4) is 5.75 Å². The molecule has 0 radical (unpaired) electrons. The molecule has 0 atom stereocenters. The highest BCUT2D eigenvalue weighted by atomic mass is 35.5. The Hall–Kier alpha value is -1.27. The van der Waals surface area contributed by atoms with E-state index in [0.717, 1.165) is 0 Å². The summed E-state index contributed by atoms with van der Waals surface area (Å²) in [5.74, 6) is 0.590. The average Bonchev–Trinajstić information content (AvgIpc) is 2.46. The lowest BCUT2D eigenvalue weighted by Crippen LogP contribution is -2.13. The standard InChI is InChI=1S/C14H12Cl2O4S/c15-11-1-5-13(6-2-11)19-9-10-20-21(17,18)14-7-3-12(16)4-8-14/h1-8H,9-10H2. The van der Waals surface area contributed by atoms with Crippen molar-refractivity contribution in [3.63, 3.8) is 0 Å². The van der Waals surface area contributed by atoms with E-state index in [1.807, 2.05) is 0 Å². The second kappa shape index (κ2) is 7.13. The number of hydrogen-bond acceptors (Lipinski definition) is 4. The summed E-state index contributed by atoms with van der Waals surface area (Å²) >= 11 is 11.4. The SMILES string of the molecule is O=S(=O)(OCCOc1ccc(Cl)cc1)c1ccc(Cl)cc1. The molecular weight excluding hydrogens is 335 g/mol. The molecule has 21 heavy (non-hydrogen) atoms. The lowest BCUT2D eigenvalue weighted by Gasteiger charge is -2.08. The van der Waals surface area contributed by atoms with Crippen molar-refractivity contribution >= 4 is 33.3 Å². The first-order valence-corrected chi connectivity index (χ1v) is 8.17. The molecule has 112 valence electrons. The molecule has 2 aromatic carbocycles. The van der Waals surface area contributed by atoms with Crippen LogP contribution < -0.4 is 4.74 Å². The highest BCUT2D eigenvalue weighted by Crippen LogP contribution is 2.17. The van der Waals surface area contributed by atoms with Gasteiger partial charge in [-0.15, -0.1) is 0 Å². The molecule has 0 amide bonds. The van der Waals surface area contributed by atoms with Crippen molar-refractivity contribution < 1.29 is 17.3 Å². The Morgan fingerprint density at radius 3 is 1.90 bits per heavy atom. The maximum atomic E-state index is 11.9. The first-order valence-electron chi connectivity index (χ1n) is 6.01. The molecule has 2 aromatic rings. The molecule has 2 rings (SSSR count). The lowest BCUT2D eigenvalue weighted by molar-refractivity contribution is 0.221. The number of halogens is 2. The number of benzene rings is 2. The monoisotopic (exact) mass is 346 g/mol. The fourth-order valence-electron chi connectivity index (χ4n) is 1.50. The van der Waals surface area contributed by atoms with Crippen LogP contribution in [0.2, 0.25) is 10.0 Å². The van der Waals surface area contributed by atoms with Gasteiger partial charge in [-0.1, -0.05) is 23.2 Å². The van der Waals surface area contributed by atoms with Crippen LogP contribution in [-0.2, 0) is 14.3 Å². The van der Waals surface area contributed by atoms with Crippen LogP contribution in [0.5, 0.6) is 5.75 Å². The zero-order valence-corrected chi connectivity index (χ0v) is 13.2. The van der Waals surface area contributed by atoms with E-state index < -0.39 is 10.1 Å². The Morgan fingerprint density at radius 1 is 0.810 bits per heavy atom. The molecule has 4 nitrogen and oxygen atoms in total. The first kappa shape index (κ1) is 16.1. The molecule has 7 heteroatoms. The Balaban J connectivity index is 1.85. The summed E-state index contributed by atoms with van der Waals surface area (Å²) in [6.07, 6.45) is 0. The molecule has 0 aromatic heterocycles. The molecular formula is C14H12Cl2O4S. The largest absolute Gasteiger partial charge is 0.491 e. The van der Waals surface area contributed by atoms with Gasteiger partial charge in [0.25, 0.3) is 10.1 Å². The Bertz CT molecular complexity index is 682. The van der Waals surface area contributed by atoms with Crippen LogP contribution in [0.25, 0.3) is 0 Å². The van der Waals surface area contributed by atoms with Gasteiger partial charge in [0, 0.05) is 10.0 Å². The van der Waals surface area contributed by atoms with Crippen LogP contribution in [0.3, 0.4) is 0 Å². The van der Waals surface area contributed by atoms with Gasteiger partial charge < -0.3 is 4.74 Å². The van der Waals surface area contributed by atoms with Gasteiger partial charge in [0.2, 0.25) is 0 Å². The van der Waals surface area contributed by atoms with Gasteiger partial charge in [0.15, 0.2) is 0 Å². The third-order valence-corrected chi connectivity index (χ3v) is 4.34. The molecule has 0 heterocycles. The first-order chi connectivity index (χ1) is 9.97. The van der Waals surface area contributed by atoms with Gasteiger partial charge >= 0.3 is 0 Å². The normalized spacial score (nSPS) is 11.3. The van der Waals surface area contributed by atoms with Crippen molar-refractivity contribution in [3.05, 3.63) is 58.6 Å². The number of hydrogen-bond donors (Lipinski definition) is 0. The average molecular weight is 347 g/mol. The van der Waals surface area contributed by atoms with E-state index in [1.165, 1.54) is 24.3 Å². The maximum Gasteiger partial charge on any atom is 0.297 e. The van der Waals surface area contributed by atoms with Gasteiger partial charge in [-0.2, -0.15) is 8.42 Å². The summed E-state index contributed by atoms with van der Waals surface area (Å²) in [5, 5.41) is 1.06. The molecule has 0 saturated carbocycles. The minimum absolute atomic E-state index is 0.0541. The zero-order valence-electron chi connectivity index (χ0n) is 10.8. The van der Waals surface area contributed by atoms with Crippen LogP contribution in [-0.4, -0.2) is 21.6 Å². The van der Waals surface area contributed by atoms with Crippen LogP contribution in [0.15, 0.2) is 53.4 Å². The van der Waals surface area contributed by atoms with E-state index in [0.29, 0.717) is 15.8 Å². The summed E-state index contributed by atoms with van der Waals surface area (Å²) in [4.78, 5) is 0.0541. The number of rotatable bonds is 6. The van der Waals surface area contributed by atoms with Crippen LogP contribution >= 0.6 is 23.2 Å². The lowest BCUT2D eigenvalue weighted by atomic mass is 10.3. The molecule has 0 N–H and O–H groups in total. The summed E-state index contributed by atoms with van der Waals surface area (Å²) in [6, 6.07) is 12.5. The Morgan fingerprint density at radius 2 is 1.33 bits per heavy atom. The van der Waals surface area contributed by atoms with Crippen molar-refractivity contribution in [1.29, 1.82) is 0 Å². The van der Waals surface area contributed by atoms with E-state index in [4.69, 9.17) is 32.1 Å². The predicted octanol–water partition coefficient (Wildman–Crippen LogP) is 3.78. The van der Waals surface area contributed by atoms with Crippen LogP contribution in [0.1, 0.15) is 0 Å². The number of ether oxygens (including phenoxy) is 1. The molecule has 0 aliphatic rings. The van der Waals surface area contributed by atoms with Gasteiger partial charge in [-0.25, -0.2) is 0 Å². The smallest absolute Gasteiger partial charge is 0.297 e. The fourth-order valence-corrected chi connectivity index (χ4v) is 2.65. The Kier molecular flexibility index (Phi) is 5.47. The Labute approximate surface area is 133 Å². The van der Waals surface area contributed by atoms with E-state index in [2.05, 4.69) is 0 Å². The molecule has 0 bridgehead atoms. The van der Waals surface area contributed by atoms with Gasteiger partial charge in [0.1, 0.15) is 19.0 Å². The molecule has 0 saturated heterocycles. The molecule has 0 unspecified atom stereocenters. The van der Waals surface area contributed by atoms with E-state index in [9.17, 15) is 8.42 Å². The van der Waals surface area contributed by atoms with Crippen LogP contribution in [0, 0.1) is 0 Å². The van der Waals surface area contributed by atoms with Gasteiger partial charge in [-0.3, -0.25) is 4.18 Å². The molecule has 0 spiro atoms. The van der Waals surface area contributed by atoms with Gasteiger partial charge in [-0.05, 0) is 48.5 Å². The molecule has 0 aliphatic carbocycles. The van der Waals surface area contributed by atoms with Crippen molar-refractivity contribution in [2.75, 3.05) is 13.2 Å². The maximum absolute atomic E-state index is 11.9.